The summed E-state index contributed by atoms with van der Waals surface area (Å²) in [5.74, 6) is -0.676. The minimum Gasteiger partial charge on any atom is -0.783 e. The average molecular weight is 385 g/mol. The van der Waals surface area contributed by atoms with Crippen LogP contribution in [0.1, 0.15) is 117 Å². The first kappa shape index (κ1) is 24.4. The number of hydroxylamine groups is 2. The van der Waals surface area contributed by atoms with Crippen LogP contribution in [0.3, 0.4) is 0 Å². The Balaban J connectivity index is 1.93. The molecule has 1 fully saturated rings. The van der Waals surface area contributed by atoms with Gasteiger partial charge >= 0.3 is 5.97 Å². The van der Waals surface area contributed by atoms with Gasteiger partial charge in [0.2, 0.25) is 0 Å². The fraction of sp³-hybridized carbons (Fsp3) is 0.955. The van der Waals surface area contributed by atoms with Gasteiger partial charge in [-0.3, -0.25) is 4.79 Å². The molecule has 1 saturated heterocycles. The molecule has 1 N–H and O–H groups in total. The monoisotopic (exact) mass is 384 g/mol. The van der Waals surface area contributed by atoms with Gasteiger partial charge < -0.3 is 20.1 Å². The number of rotatable bonds is 16. The zero-order valence-corrected chi connectivity index (χ0v) is 17.9. The molecule has 0 bridgehead atoms. The van der Waals surface area contributed by atoms with E-state index in [1.54, 1.807) is 0 Å². The number of ether oxygens (including phenoxy) is 1. The molecule has 1 unspecified atom stereocenters. The molecule has 0 aromatic carbocycles. The first-order valence-corrected chi connectivity index (χ1v) is 11.2. The van der Waals surface area contributed by atoms with Crippen molar-refractivity contribution in [1.29, 1.82) is 0 Å². The molecule has 5 heteroatoms. The normalized spacial score (nSPS) is 22.4. The van der Waals surface area contributed by atoms with E-state index in [0.717, 1.165) is 32.1 Å². The average Bonchev–Trinajstić information content (AvgIpc) is 2.86. The maximum Gasteiger partial charge on any atom is 0.303 e. The smallest absolute Gasteiger partial charge is 0.303 e. The third-order valence-electron chi connectivity index (χ3n) is 5.87. The summed E-state index contributed by atoms with van der Waals surface area (Å²) >= 11 is 0. The van der Waals surface area contributed by atoms with Gasteiger partial charge in [-0.1, -0.05) is 71.1 Å². The van der Waals surface area contributed by atoms with E-state index < -0.39 is 17.2 Å². The van der Waals surface area contributed by atoms with Crippen LogP contribution in [0.15, 0.2) is 0 Å². The van der Waals surface area contributed by atoms with Crippen LogP contribution in [0, 0.1) is 5.21 Å². The summed E-state index contributed by atoms with van der Waals surface area (Å²) in [6.45, 7) is 6.52. The molecule has 0 radical (unpaired) electrons. The Kier molecular flexibility index (Phi) is 11.5. The lowest BCUT2D eigenvalue weighted by Gasteiger charge is -2.47. The summed E-state index contributed by atoms with van der Waals surface area (Å²) < 4.78 is 5.92. The topological polar surface area (TPSA) is 72.8 Å². The van der Waals surface area contributed by atoms with Gasteiger partial charge in [-0.05, 0) is 39.5 Å². The predicted octanol–water partition coefficient (Wildman–Crippen LogP) is 6.25. The summed E-state index contributed by atoms with van der Waals surface area (Å²) in [4.78, 5) is 10.4. The number of carbonyl (C=O) groups is 1. The quantitative estimate of drug-likeness (QED) is 0.318. The number of carboxylic acid groups (broad SMARTS) is 1. The van der Waals surface area contributed by atoms with Gasteiger partial charge in [-0.2, -0.15) is 0 Å². The van der Waals surface area contributed by atoms with Crippen LogP contribution in [0.25, 0.3) is 0 Å². The van der Waals surface area contributed by atoms with E-state index in [1.807, 2.05) is 13.8 Å². The number of unbranched alkanes of at least 4 members (excludes halogenated alkanes) is 11. The minimum atomic E-state index is -0.676. The fourth-order valence-electron chi connectivity index (χ4n) is 4.02. The van der Waals surface area contributed by atoms with E-state index >= 15 is 0 Å². The molecule has 27 heavy (non-hydrogen) atoms. The Labute approximate surface area is 166 Å². The van der Waals surface area contributed by atoms with Crippen LogP contribution in [0.2, 0.25) is 0 Å². The van der Waals surface area contributed by atoms with Crippen molar-refractivity contribution in [1.82, 2.24) is 5.06 Å². The van der Waals surface area contributed by atoms with E-state index in [4.69, 9.17) is 9.84 Å². The second-order valence-corrected chi connectivity index (χ2v) is 8.83. The molecular formula is C22H42NO4-. The van der Waals surface area contributed by atoms with Crippen LogP contribution in [0.5, 0.6) is 0 Å². The highest BCUT2D eigenvalue weighted by molar-refractivity contribution is 5.66. The van der Waals surface area contributed by atoms with Gasteiger partial charge in [0, 0.05) is 12.0 Å². The molecule has 1 rings (SSSR count). The highest BCUT2D eigenvalue weighted by Gasteiger charge is 2.44. The highest BCUT2D eigenvalue weighted by atomic mass is 16.6. The zero-order valence-electron chi connectivity index (χ0n) is 17.9. The van der Waals surface area contributed by atoms with Crippen molar-refractivity contribution in [2.75, 3.05) is 6.61 Å². The summed E-state index contributed by atoms with van der Waals surface area (Å²) in [7, 11) is 0. The van der Waals surface area contributed by atoms with Crippen LogP contribution in [-0.4, -0.2) is 34.0 Å². The number of hydrogen-bond donors (Lipinski definition) is 1. The van der Waals surface area contributed by atoms with E-state index in [0.29, 0.717) is 13.0 Å². The molecule has 0 saturated carbocycles. The van der Waals surface area contributed by atoms with Crippen molar-refractivity contribution in [2.45, 2.75) is 128 Å². The number of nitrogens with zero attached hydrogens (tertiary/aromatic N) is 1. The van der Waals surface area contributed by atoms with Gasteiger partial charge in [-0.25, -0.2) is 0 Å². The van der Waals surface area contributed by atoms with Crippen LogP contribution < -0.4 is 0 Å². The van der Waals surface area contributed by atoms with Crippen LogP contribution in [0.4, 0.5) is 0 Å². The van der Waals surface area contributed by atoms with E-state index in [2.05, 4.69) is 6.92 Å². The Morgan fingerprint density at radius 2 is 1.37 bits per heavy atom. The molecule has 0 aliphatic carbocycles. The lowest BCUT2D eigenvalue weighted by Crippen LogP contribution is -2.48. The van der Waals surface area contributed by atoms with Gasteiger partial charge in [0.1, 0.15) is 5.72 Å². The second kappa shape index (κ2) is 12.7. The van der Waals surface area contributed by atoms with E-state index in [9.17, 15) is 10.0 Å². The molecule has 0 spiro atoms. The first-order valence-electron chi connectivity index (χ1n) is 11.2. The highest BCUT2D eigenvalue weighted by Crippen LogP contribution is 2.39. The summed E-state index contributed by atoms with van der Waals surface area (Å²) in [6.07, 6.45) is 16.2. The summed E-state index contributed by atoms with van der Waals surface area (Å²) in [5, 5.41) is 22.3. The van der Waals surface area contributed by atoms with Crippen molar-refractivity contribution >= 4 is 5.97 Å². The molecular weight excluding hydrogens is 342 g/mol. The fourth-order valence-corrected chi connectivity index (χ4v) is 4.02. The lowest BCUT2D eigenvalue weighted by molar-refractivity contribution is -0.137. The number of carboxylic acids is 1. The van der Waals surface area contributed by atoms with Crippen molar-refractivity contribution in [3.05, 3.63) is 5.21 Å². The summed E-state index contributed by atoms with van der Waals surface area (Å²) in [6, 6.07) is 0. The zero-order chi connectivity index (χ0) is 20.2. The largest absolute Gasteiger partial charge is 0.783 e. The van der Waals surface area contributed by atoms with E-state index in [1.165, 1.54) is 62.9 Å². The molecule has 5 nitrogen and oxygen atoms in total. The Morgan fingerprint density at radius 3 is 1.74 bits per heavy atom. The number of hydrogen-bond acceptors (Lipinski definition) is 4. The second-order valence-electron chi connectivity index (χ2n) is 8.83. The van der Waals surface area contributed by atoms with Crippen molar-refractivity contribution < 1.29 is 14.6 Å². The van der Waals surface area contributed by atoms with Crippen molar-refractivity contribution in [2.24, 2.45) is 0 Å². The number of aliphatic carboxylic acids is 1. The summed E-state index contributed by atoms with van der Waals surface area (Å²) in [5.41, 5.74) is -0.986. The molecule has 1 heterocycles. The molecule has 0 aromatic rings. The maximum atomic E-state index is 12.5. The first-order chi connectivity index (χ1) is 12.8. The van der Waals surface area contributed by atoms with Gasteiger partial charge in [-0.15, -0.1) is 0 Å². The maximum absolute atomic E-state index is 12.5. The van der Waals surface area contributed by atoms with Gasteiger partial charge in [0.25, 0.3) is 0 Å². The van der Waals surface area contributed by atoms with Gasteiger partial charge in [0.15, 0.2) is 0 Å². The molecule has 1 aliphatic heterocycles. The van der Waals surface area contributed by atoms with E-state index in [-0.39, 0.29) is 0 Å². The standard InChI is InChI=1S/C22H42NO4/c1-4-22(23(26)21(2,3)19-27-22)18-16-14-12-10-8-6-5-7-9-11-13-15-17-20(24)25/h4-19H2,1-3H3,(H,24,25)/q-1. The Morgan fingerprint density at radius 1 is 0.926 bits per heavy atom. The Bertz CT molecular complexity index is 413. The molecule has 1 atom stereocenters. The predicted molar refractivity (Wildman–Crippen MR) is 111 cm³/mol. The Hall–Kier alpha value is -0.650. The van der Waals surface area contributed by atoms with Gasteiger partial charge in [0.05, 0.1) is 6.61 Å². The van der Waals surface area contributed by atoms with Crippen LogP contribution >= 0.6 is 0 Å². The third-order valence-corrected chi connectivity index (χ3v) is 5.87. The molecule has 1 aliphatic rings. The molecule has 0 amide bonds. The van der Waals surface area contributed by atoms with Crippen molar-refractivity contribution in [3.63, 3.8) is 0 Å². The third kappa shape index (κ3) is 8.93. The van der Waals surface area contributed by atoms with Crippen LogP contribution in [-0.2, 0) is 9.53 Å². The molecule has 0 aromatic heterocycles. The SMILES string of the molecule is CCC1(CCCCCCCCCCCCCCC(=O)O)OCC(C)(C)N1[O-]. The van der Waals surface area contributed by atoms with Crippen molar-refractivity contribution in [3.8, 4) is 0 Å². The lowest BCUT2D eigenvalue weighted by atomic mass is 9.98. The minimum absolute atomic E-state index is 0.316. The molecule has 160 valence electrons.